The molecule has 5 nitrogen and oxygen atoms in total. The zero-order chi connectivity index (χ0) is 17.8. The van der Waals surface area contributed by atoms with Gasteiger partial charge in [-0.2, -0.15) is 0 Å². The largest absolute Gasteiger partial charge is 0.444 e. The van der Waals surface area contributed by atoms with Crippen LogP contribution in [0, 0.1) is 0 Å². The maximum atomic E-state index is 11.9. The van der Waals surface area contributed by atoms with E-state index in [0.717, 1.165) is 13.0 Å². The fourth-order valence-corrected chi connectivity index (χ4v) is 2.30. The Labute approximate surface area is 137 Å². The molecule has 0 aliphatic rings. The van der Waals surface area contributed by atoms with Gasteiger partial charge in [-0.15, -0.1) is 0 Å². The lowest BCUT2D eigenvalue weighted by atomic mass is 9.86. The molecule has 0 aromatic carbocycles. The summed E-state index contributed by atoms with van der Waals surface area (Å²) in [5, 5.41) is 3.54. The van der Waals surface area contributed by atoms with Crippen LogP contribution in [0.25, 0.3) is 0 Å². The Morgan fingerprint density at radius 2 is 1.50 bits per heavy atom. The van der Waals surface area contributed by atoms with Gasteiger partial charge in [-0.3, -0.25) is 0 Å². The van der Waals surface area contributed by atoms with Crippen molar-refractivity contribution in [2.45, 2.75) is 71.6 Å². The van der Waals surface area contributed by atoms with Crippen molar-refractivity contribution in [1.29, 1.82) is 0 Å². The van der Waals surface area contributed by atoms with E-state index < -0.39 is 5.60 Å². The van der Waals surface area contributed by atoms with Gasteiger partial charge in [0.05, 0.1) is 0 Å². The lowest BCUT2D eigenvalue weighted by molar-refractivity contribution is 0.0295. The minimum atomic E-state index is -0.451. The molecule has 0 fully saturated rings. The molecule has 0 aliphatic carbocycles. The summed E-state index contributed by atoms with van der Waals surface area (Å²) in [6.45, 7) is 15.9. The van der Waals surface area contributed by atoms with Crippen LogP contribution in [0.2, 0.25) is 0 Å². The molecule has 0 aromatic heterocycles. The van der Waals surface area contributed by atoms with Crippen LogP contribution in [0.5, 0.6) is 0 Å². The molecule has 0 aliphatic heterocycles. The number of rotatable bonds is 7. The van der Waals surface area contributed by atoms with Gasteiger partial charge in [-0.1, -0.05) is 0 Å². The second kappa shape index (κ2) is 7.64. The summed E-state index contributed by atoms with van der Waals surface area (Å²) in [4.78, 5) is 15.8. The van der Waals surface area contributed by atoms with Gasteiger partial charge in [0, 0.05) is 31.2 Å². The van der Waals surface area contributed by atoms with E-state index in [4.69, 9.17) is 4.74 Å². The predicted octanol–water partition coefficient (Wildman–Crippen LogP) is 2.95. The average molecular weight is 316 g/mol. The molecule has 0 saturated carbocycles. The highest BCUT2D eigenvalue weighted by Crippen LogP contribution is 2.23. The van der Waals surface area contributed by atoms with E-state index in [0.29, 0.717) is 6.54 Å². The number of ether oxygens (including phenoxy) is 1. The fraction of sp³-hybridized carbons (Fsp3) is 0.941. The standard InChI is InChI=1S/C17H37N3O2/c1-15(2,3)22-14(21)20(10)12-11-18-16(4,5)13-17(6,7)19(8)9/h18H,11-13H2,1-10H3. The van der Waals surface area contributed by atoms with Gasteiger partial charge in [-0.05, 0) is 69.0 Å². The number of likely N-dealkylation sites (N-methyl/N-ethyl adjacent to an activating group) is 1. The molecule has 0 spiro atoms. The predicted molar refractivity (Wildman–Crippen MR) is 93.3 cm³/mol. The maximum Gasteiger partial charge on any atom is 0.410 e. The summed E-state index contributed by atoms with van der Waals surface area (Å²) >= 11 is 0. The molecule has 0 unspecified atom stereocenters. The van der Waals surface area contributed by atoms with Gasteiger partial charge < -0.3 is 19.9 Å². The SMILES string of the molecule is CN(CCNC(C)(C)CC(C)(C)N(C)C)C(=O)OC(C)(C)C. The summed E-state index contributed by atoms with van der Waals surface area (Å²) in [5.41, 5.74) is -0.329. The van der Waals surface area contributed by atoms with Gasteiger partial charge >= 0.3 is 6.09 Å². The van der Waals surface area contributed by atoms with Crippen LogP contribution in [-0.2, 0) is 4.74 Å². The Kier molecular flexibility index (Phi) is 7.36. The highest BCUT2D eigenvalue weighted by molar-refractivity contribution is 5.67. The molecule has 1 amide bonds. The molecule has 22 heavy (non-hydrogen) atoms. The molecule has 0 saturated heterocycles. The lowest BCUT2D eigenvalue weighted by Crippen LogP contribution is -2.51. The topological polar surface area (TPSA) is 44.8 Å². The Morgan fingerprint density at radius 1 is 1.00 bits per heavy atom. The second-order valence-corrected chi connectivity index (χ2v) is 8.60. The average Bonchev–Trinajstić information content (AvgIpc) is 2.24. The number of nitrogens with one attached hydrogen (secondary N) is 1. The smallest absolute Gasteiger partial charge is 0.410 e. The van der Waals surface area contributed by atoms with E-state index in [1.54, 1.807) is 11.9 Å². The molecule has 5 heteroatoms. The number of hydrogen-bond donors (Lipinski definition) is 1. The van der Waals surface area contributed by atoms with Crippen LogP contribution in [-0.4, -0.2) is 66.8 Å². The third-order valence-electron chi connectivity index (χ3n) is 3.84. The third-order valence-corrected chi connectivity index (χ3v) is 3.84. The van der Waals surface area contributed by atoms with Crippen molar-refractivity contribution in [3.8, 4) is 0 Å². The summed E-state index contributed by atoms with van der Waals surface area (Å²) < 4.78 is 5.35. The van der Waals surface area contributed by atoms with Crippen LogP contribution in [0.15, 0.2) is 0 Å². The highest BCUT2D eigenvalue weighted by atomic mass is 16.6. The number of hydrogen-bond acceptors (Lipinski definition) is 4. The molecule has 0 atom stereocenters. The minimum absolute atomic E-state index is 0.00252. The van der Waals surface area contributed by atoms with Crippen LogP contribution in [0.3, 0.4) is 0 Å². The molecule has 132 valence electrons. The molecule has 0 bridgehead atoms. The molecule has 0 aromatic rings. The molecule has 0 radical (unpaired) electrons. The van der Waals surface area contributed by atoms with Gasteiger partial charge in [0.15, 0.2) is 0 Å². The zero-order valence-electron chi connectivity index (χ0n) is 16.3. The Morgan fingerprint density at radius 3 is 1.91 bits per heavy atom. The lowest BCUT2D eigenvalue weighted by Gasteiger charge is -2.40. The van der Waals surface area contributed by atoms with E-state index in [9.17, 15) is 4.79 Å². The van der Waals surface area contributed by atoms with Crippen molar-refractivity contribution < 1.29 is 9.53 Å². The summed E-state index contributed by atoms with van der Waals surface area (Å²) in [6, 6.07) is 0. The van der Waals surface area contributed by atoms with Crippen LogP contribution in [0.4, 0.5) is 4.79 Å². The normalized spacial score (nSPS) is 13.4. The highest BCUT2D eigenvalue weighted by Gasteiger charge is 2.30. The first-order valence-corrected chi connectivity index (χ1v) is 8.03. The van der Waals surface area contributed by atoms with E-state index in [1.807, 2.05) is 20.8 Å². The summed E-state index contributed by atoms with van der Waals surface area (Å²) in [5.74, 6) is 0. The molecule has 1 N–H and O–H groups in total. The van der Waals surface area contributed by atoms with Crippen molar-refractivity contribution in [2.24, 2.45) is 0 Å². The van der Waals surface area contributed by atoms with Gasteiger partial charge in [0.25, 0.3) is 0 Å². The van der Waals surface area contributed by atoms with Crippen molar-refractivity contribution in [3.05, 3.63) is 0 Å². The summed E-state index contributed by atoms with van der Waals surface area (Å²) in [6.07, 6.45) is 0.740. The Bertz CT molecular complexity index is 357. The van der Waals surface area contributed by atoms with Gasteiger partial charge in [0.2, 0.25) is 0 Å². The molecular formula is C17H37N3O2. The monoisotopic (exact) mass is 315 g/mol. The van der Waals surface area contributed by atoms with E-state index in [1.165, 1.54) is 0 Å². The minimum Gasteiger partial charge on any atom is -0.444 e. The van der Waals surface area contributed by atoms with Crippen LogP contribution in [0.1, 0.15) is 54.9 Å². The first-order chi connectivity index (χ1) is 9.66. The Balaban J connectivity index is 4.31. The summed E-state index contributed by atoms with van der Waals surface area (Å²) in [7, 11) is 5.98. The molecular weight excluding hydrogens is 278 g/mol. The maximum absolute atomic E-state index is 11.9. The van der Waals surface area contributed by atoms with Gasteiger partial charge in [-0.25, -0.2) is 4.79 Å². The van der Waals surface area contributed by atoms with Crippen LogP contribution < -0.4 is 5.32 Å². The first-order valence-electron chi connectivity index (χ1n) is 8.03. The number of nitrogens with zero attached hydrogens (tertiary/aromatic N) is 2. The molecule has 0 rings (SSSR count). The van der Waals surface area contributed by atoms with Crippen molar-refractivity contribution in [1.82, 2.24) is 15.1 Å². The molecule has 0 heterocycles. The van der Waals surface area contributed by atoms with E-state index >= 15 is 0 Å². The van der Waals surface area contributed by atoms with E-state index in [-0.39, 0.29) is 17.2 Å². The van der Waals surface area contributed by atoms with Crippen LogP contribution >= 0.6 is 0 Å². The first kappa shape index (κ1) is 21.2. The zero-order valence-corrected chi connectivity index (χ0v) is 16.3. The van der Waals surface area contributed by atoms with E-state index in [2.05, 4.69) is 52.0 Å². The van der Waals surface area contributed by atoms with Gasteiger partial charge in [0.1, 0.15) is 5.60 Å². The Hall–Kier alpha value is -0.810. The number of amides is 1. The van der Waals surface area contributed by atoms with Crippen molar-refractivity contribution in [2.75, 3.05) is 34.2 Å². The third kappa shape index (κ3) is 8.59. The number of carbonyl (C=O) groups excluding carboxylic acids is 1. The van der Waals surface area contributed by atoms with Crippen molar-refractivity contribution in [3.63, 3.8) is 0 Å². The van der Waals surface area contributed by atoms with Crippen molar-refractivity contribution >= 4 is 6.09 Å². The fourth-order valence-electron chi connectivity index (χ4n) is 2.30. The number of carbonyl (C=O) groups is 1. The second-order valence-electron chi connectivity index (χ2n) is 8.60. The quantitative estimate of drug-likeness (QED) is 0.784.